The summed E-state index contributed by atoms with van der Waals surface area (Å²) in [5.74, 6) is 0.867. The molecule has 3 heterocycles. The zero-order valence-corrected chi connectivity index (χ0v) is 23.7. The average Bonchev–Trinajstić information content (AvgIpc) is 3.74. The van der Waals surface area contributed by atoms with Gasteiger partial charge in [-0.25, -0.2) is 0 Å². The Hall–Kier alpha value is -5.38. The lowest BCUT2D eigenvalue weighted by Gasteiger charge is -2.16. The summed E-state index contributed by atoms with van der Waals surface area (Å²) in [6.45, 7) is 0. The van der Waals surface area contributed by atoms with Crippen LogP contribution in [-0.2, 0) is 0 Å². The Morgan fingerprint density at radius 2 is 1.00 bits per heavy atom. The van der Waals surface area contributed by atoms with Gasteiger partial charge in [-0.3, -0.25) is 0 Å². The number of hydrogen-bond donors (Lipinski definition) is 0. The van der Waals surface area contributed by atoms with Crippen LogP contribution in [0.2, 0.25) is 0 Å². The highest BCUT2D eigenvalue weighted by atomic mass is 32.1. The molecule has 0 aliphatic rings. The number of thiophene rings is 1. The number of rotatable bonds is 2. The third kappa shape index (κ3) is 3.28. The Morgan fingerprint density at radius 1 is 0.372 bits per heavy atom. The topological polar surface area (TPSA) is 26.3 Å². The predicted octanol–water partition coefficient (Wildman–Crippen LogP) is 12.3. The molecule has 0 atom stereocenters. The summed E-state index contributed by atoms with van der Waals surface area (Å²) in [5, 5.41) is 10.7. The molecule has 0 radical (unpaired) electrons. The van der Waals surface area contributed by atoms with Crippen LogP contribution in [0.15, 0.2) is 142 Å². The maximum Gasteiger partial charge on any atom is 0.136 e. The Labute approximate surface area is 250 Å². The molecular formula is C40H22O2S. The fraction of sp³-hybridized carbons (Fsp3) is 0. The van der Waals surface area contributed by atoms with Crippen molar-refractivity contribution in [1.82, 2.24) is 0 Å². The van der Waals surface area contributed by atoms with E-state index in [9.17, 15) is 0 Å². The molecular weight excluding hydrogens is 545 g/mol. The second-order valence-corrected chi connectivity index (χ2v) is 12.3. The van der Waals surface area contributed by atoms with Gasteiger partial charge in [-0.05, 0) is 69.1 Å². The Bertz CT molecular complexity index is 2680. The summed E-state index contributed by atoms with van der Waals surface area (Å²) >= 11 is 1.86. The van der Waals surface area contributed by atoms with Gasteiger partial charge in [0.2, 0.25) is 0 Å². The van der Waals surface area contributed by atoms with Crippen LogP contribution in [0, 0.1) is 0 Å². The zero-order valence-electron chi connectivity index (χ0n) is 22.9. The van der Waals surface area contributed by atoms with Crippen molar-refractivity contribution < 1.29 is 8.83 Å². The van der Waals surface area contributed by atoms with Crippen LogP contribution in [0.25, 0.3) is 97.1 Å². The second kappa shape index (κ2) is 8.57. The van der Waals surface area contributed by atoms with Crippen molar-refractivity contribution in [3.63, 3.8) is 0 Å². The zero-order chi connectivity index (χ0) is 28.1. The van der Waals surface area contributed by atoms with Gasteiger partial charge >= 0.3 is 0 Å². The molecule has 0 saturated heterocycles. The Kier molecular flexibility index (Phi) is 4.63. The van der Waals surface area contributed by atoms with E-state index in [-0.39, 0.29) is 0 Å². The molecule has 3 aromatic heterocycles. The van der Waals surface area contributed by atoms with E-state index in [2.05, 4.69) is 115 Å². The van der Waals surface area contributed by atoms with Gasteiger partial charge < -0.3 is 8.83 Å². The third-order valence-corrected chi connectivity index (χ3v) is 9.99. The summed E-state index contributed by atoms with van der Waals surface area (Å²) in [6, 6.07) is 47.7. The molecule has 200 valence electrons. The van der Waals surface area contributed by atoms with Gasteiger partial charge in [0.15, 0.2) is 0 Å². The molecule has 7 aromatic carbocycles. The molecule has 10 rings (SSSR count). The predicted molar refractivity (Wildman–Crippen MR) is 182 cm³/mol. The summed E-state index contributed by atoms with van der Waals surface area (Å²) in [6.07, 6.45) is 0. The van der Waals surface area contributed by atoms with E-state index in [1.165, 1.54) is 52.8 Å². The summed E-state index contributed by atoms with van der Waals surface area (Å²) < 4.78 is 15.5. The van der Waals surface area contributed by atoms with Gasteiger partial charge in [-0.2, -0.15) is 0 Å². The molecule has 0 spiro atoms. The molecule has 0 N–H and O–H groups in total. The van der Waals surface area contributed by atoms with Crippen LogP contribution in [0.4, 0.5) is 0 Å². The number of hydrogen-bond acceptors (Lipinski definition) is 3. The smallest absolute Gasteiger partial charge is 0.136 e. The molecule has 0 unspecified atom stereocenters. The van der Waals surface area contributed by atoms with Crippen molar-refractivity contribution in [3.05, 3.63) is 133 Å². The van der Waals surface area contributed by atoms with E-state index < -0.39 is 0 Å². The van der Waals surface area contributed by atoms with E-state index >= 15 is 0 Å². The van der Waals surface area contributed by atoms with Crippen molar-refractivity contribution in [1.29, 1.82) is 0 Å². The van der Waals surface area contributed by atoms with E-state index in [1.54, 1.807) is 0 Å². The molecule has 0 bridgehead atoms. The molecule has 0 saturated carbocycles. The number of fused-ring (bicyclic) bond motifs is 9. The lowest BCUT2D eigenvalue weighted by Crippen LogP contribution is -1.89. The van der Waals surface area contributed by atoms with Gasteiger partial charge in [0.05, 0.1) is 0 Å². The van der Waals surface area contributed by atoms with Crippen LogP contribution in [0.1, 0.15) is 0 Å². The monoisotopic (exact) mass is 566 g/mol. The van der Waals surface area contributed by atoms with Crippen molar-refractivity contribution in [2.45, 2.75) is 0 Å². The molecule has 0 amide bonds. The lowest BCUT2D eigenvalue weighted by atomic mass is 9.87. The van der Waals surface area contributed by atoms with Crippen LogP contribution >= 0.6 is 11.3 Å². The van der Waals surface area contributed by atoms with Gasteiger partial charge in [0.1, 0.15) is 22.5 Å². The quantitative estimate of drug-likeness (QED) is 0.195. The first-order valence-electron chi connectivity index (χ1n) is 14.5. The minimum Gasteiger partial charge on any atom is -0.456 e. The van der Waals surface area contributed by atoms with Crippen LogP contribution in [-0.4, -0.2) is 0 Å². The first-order valence-corrected chi connectivity index (χ1v) is 15.3. The molecule has 2 nitrogen and oxygen atoms in total. The van der Waals surface area contributed by atoms with Crippen molar-refractivity contribution in [2.75, 3.05) is 0 Å². The highest BCUT2D eigenvalue weighted by molar-refractivity contribution is 7.25. The fourth-order valence-electron chi connectivity index (χ4n) is 6.97. The van der Waals surface area contributed by atoms with E-state index in [0.29, 0.717) is 0 Å². The number of para-hydroxylation sites is 1. The Morgan fingerprint density at radius 3 is 1.77 bits per heavy atom. The van der Waals surface area contributed by atoms with Crippen LogP contribution in [0.5, 0.6) is 0 Å². The minimum atomic E-state index is 0.863. The SMILES string of the molecule is c1ccc2c(c1)oc1cc3cc(-c4c5ccccc5c(-c5ccc6c(c5)sc5ccccc56)c5ccccc45)oc3cc12. The average molecular weight is 567 g/mol. The Balaban J connectivity index is 1.25. The standard InChI is InChI=1S/C40H22O2S/c1-3-13-30-28(11-1)39(23-17-18-27-26-10-6-8-16-37(26)43-38(27)21-23)29-12-2-4-14-31(29)40(30)36-20-24-19-35-32(22-34(24)42-36)25-9-5-7-15-33(25)41-35/h1-22H. The summed E-state index contributed by atoms with van der Waals surface area (Å²) in [4.78, 5) is 0. The maximum absolute atomic E-state index is 6.69. The van der Waals surface area contributed by atoms with E-state index in [4.69, 9.17) is 8.83 Å². The highest BCUT2D eigenvalue weighted by Crippen LogP contribution is 2.46. The van der Waals surface area contributed by atoms with E-state index in [0.717, 1.165) is 44.2 Å². The molecule has 3 heteroatoms. The summed E-state index contributed by atoms with van der Waals surface area (Å²) in [5.41, 5.74) is 6.25. The third-order valence-electron chi connectivity index (χ3n) is 8.86. The van der Waals surface area contributed by atoms with Crippen molar-refractivity contribution in [3.8, 4) is 22.5 Å². The normalized spacial score (nSPS) is 12.2. The van der Waals surface area contributed by atoms with Gasteiger partial charge in [-0.1, -0.05) is 97.1 Å². The first kappa shape index (κ1) is 23.2. The number of benzene rings is 7. The molecule has 0 aliphatic heterocycles. The van der Waals surface area contributed by atoms with Crippen LogP contribution < -0.4 is 0 Å². The molecule has 0 fully saturated rings. The van der Waals surface area contributed by atoms with Crippen LogP contribution in [0.3, 0.4) is 0 Å². The highest BCUT2D eigenvalue weighted by Gasteiger charge is 2.20. The minimum absolute atomic E-state index is 0.863. The second-order valence-electron chi connectivity index (χ2n) is 11.2. The van der Waals surface area contributed by atoms with Gasteiger partial charge in [0.25, 0.3) is 0 Å². The van der Waals surface area contributed by atoms with Crippen molar-refractivity contribution >= 4 is 86.0 Å². The van der Waals surface area contributed by atoms with Gasteiger partial charge in [0, 0.05) is 41.9 Å². The maximum atomic E-state index is 6.69. The summed E-state index contributed by atoms with van der Waals surface area (Å²) in [7, 11) is 0. The number of furan rings is 2. The first-order chi connectivity index (χ1) is 21.3. The molecule has 10 aromatic rings. The molecule has 43 heavy (non-hydrogen) atoms. The fourth-order valence-corrected chi connectivity index (χ4v) is 8.11. The molecule has 0 aliphatic carbocycles. The van der Waals surface area contributed by atoms with E-state index in [1.807, 2.05) is 29.5 Å². The largest absolute Gasteiger partial charge is 0.456 e. The van der Waals surface area contributed by atoms with Gasteiger partial charge in [-0.15, -0.1) is 11.3 Å². The van der Waals surface area contributed by atoms with Crippen molar-refractivity contribution in [2.24, 2.45) is 0 Å². The lowest BCUT2D eigenvalue weighted by molar-refractivity contribution is 0.633.